The average Bonchev–Trinajstić information content (AvgIpc) is 1.60. The van der Waals surface area contributed by atoms with Crippen molar-refractivity contribution in [2.24, 2.45) is 10.2 Å². The number of azo groups is 1. The van der Waals surface area contributed by atoms with E-state index in [2.05, 4.69) is 181 Å². The molecule has 17 nitrogen and oxygen atoms in total. The van der Waals surface area contributed by atoms with Crippen LogP contribution >= 0.6 is 21.6 Å². The number of hydrogen-bond donors (Lipinski definition) is 5. The van der Waals surface area contributed by atoms with Crippen LogP contribution in [-0.2, 0) is 38.9 Å². The fraction of sp³-hybridized carbons (Fsp3) is 0.500. The number of nitrogens with one attached hydrogen (secondary N) is 5. The van der Waals surface area contributed by atoms with Crippen molar-refractivity contribution in [2.75, 3.05) is 81.8 Å². The van der Waals surface area contributed by atoms with E-state index >= 15 is 0 Å². The molecule has 0 aromatic heterocycles. The largest absolute Gasteiger partial charge is 0.392 e. The van der Waals surface area contributed by atoms with E-state index < -0.39 is 20.2 Å². The lowest BCUT2D eigenvalue weighted by molar-refractivity contribution is -0.401. The molecule has 496 valence electrons. The fourth-order valence-electron chi connectivity index (χ4n) is 12.0. The van der Waals surface area contributed by atoms with Crippen LogP contribution in [0.3, 0.4) is 0 Å². The third-order valence-electron chi connectivity index (χ3n) is 16.9. The van der Waals surface area contributed by atoms with Gasteiger partial charge in [-0.2, -0.15) is 14.8 Å². The van der Waals surface area contributed by atoms with Gasteiger partial charge in [0.15, 0.2) is 5.71 Å². The van der Waals surface area contributed by atoms with Crippen LogP contribution in [0.15, 0.2) is 131 Å². The third kappa shape index (κ3) is 21.0. The Kier molecular flexibility index (Phi) is 28.4. The molecule has 0 saturated heterocycles. The number of benzene rings is 4. The van der Waals surface area contributed by atoms with E-state index in [1.54, 1.807) is 35.1 Å². The summed E-state index contributed by atoms with van der Waals surface area (Å²) in [7, 11) is 6.23. The molecule has 1 atom stereocenters. The van der Waals surface area contributed by atoms with Gasteiger partial charge in [0.25, 0.3) is 5.91 Å². The van der Waals surface area contributed by atoms with Gasteiger partial charge < -0.3 is 45.2 Å². The summed E-state index contributed by atoms with van der Waals surface area (Å²) in [6, 6.07) is 31.2. The van der Waals surface area contributed by atoms with Crippen LogP contribution in [0, 0.1) is 12.3 Å². The minimum Gasteiger partial charge on any atom is -0.392 e. The maximum Gasteiger partial charge on any atom is 0.343 e. The van der Waals surface area contributed by atoms with Crippen molar-refractivity contribution in [1.29, 1.82) is 0 Å². The normalized spacial score (nSPS) is 15.0. The van der Waals surface area contributed by atoms with E-state index in [-0.39, 0.29) is 70.8 Å². The summed E-state index contributed by atoms with van der Waals surface area (Å²) in [5.41, 5.74) is 9.67. The molecular weight excluding hydrogens is 1210 g/mol. The lowest BCUT2D eigenvalue weighted by Gasteiger charge is -2.43. The lowest BCUT2D eigenvalue weighted by Crippen LogP contribution is -2.55. The Bertz CT molecular complexity index is 3290. The smallest absolute Gasteiger partial charge is 0.343 e. The first kappa shape index (κ1) is 74.0. The Morgan fingerprint density at radius 2 is 1.37 bits per heavy atom. The van der Waals surface area contributed by atoms with Crippen LogP contribution in [0.1, 0.15) is 149 Å². The highest BCUT2D eigenvalue weighted by atomic mass is 33.1. The summed E-state index contributed by atoms with van der Waals surface area (Å²) in [5.74, 6) is 2.58. The van der Waals surface area contributed by atoms with Gasteiger partial charge in [0.2, 0.25) is 29.3 Å². The monoisotopic (exact) mass is 1310 g/mol. The summed E-state index contributed by atoms with van der Waals surface area (Å²) in [5, 5.41) is 23.1. The summed E-state index contributed by atoms with van der Waals surface area (Å²) < 4.78 is 16.0. The molecule has 0 fully saturated rings. The number of para-hydroxylation sites is 2. The molecule has 4 aromatic carbocycles. The van der Waals surface area contributed by atoms with Gasteiger partial charge in [-0.3, -0.25) is 24.0 Å². The van der Waals surface area contributed by atoms with Crippen LogP contribution < -0.4 is 36.4 Å². The average molecular weight is 1310 g/mol. The number of carbonyl (C=O) groups excluding carboxylic acids is 5. The van der Waals surface area contributed by atoms with Gasteiger partial charge in [-0.25, -0.2) is 0 Å². The highest BCUT2D eigenvalue weighted by Crippen LogP contribution is 2.48. The van der Waals surface area contributed by atoms with Gasteiger partial charge in [0.1, 0.15) is 13.1 Å². The van der Waals surface area contributed by atoms with E-state index in [0.29, 0.717) is 74.7 Å². The number of hydrogen-bond acceptors (Lipinski definition) is 13. The van der Waals surface area contributed by atoms with E-state index in [1.165, 1.54) is 44.7 Å². The first-order valence-corrected chi connectivity index (χ1v) is 36.9. The lowest BCUT2D eigenvalue weighted by atomic mass is 9.81. The second kappa shape index (κ2) is 35.3. The summed E-state index contributed by atoms with van der Waals surface area (Å²) >= 11 is 0. The van der Waals surface area contributed by atoms with Crippen LogP contribution in [0.2, 0.25) is 11.1 Å². The minimum atomic E-state index is -2.94. The van der Waals surface area contributed by atoms with Gasteiger partial charge in [0.05, 0.1) is 42.0 Å². The highest BCUT2D eigenvalue weighted by Gasteiger charge is 2.49. The molecular formula is C72H101N10O7S2Si+. The Balaban J connectivity index is 0.855. The molecule has 0 bridgehead atoms. The topological polar surface area (TPSA) is 198 Å². The fourth-order valence-corrected chi connectivity index (χ4v) is 17.8. The van der Waals surface area contributed by atoms with Crippen molar-refractivity contribution in [3.63, 3.8) is 0 Å². The van der Waals surface area contributed by atoms with Crippen LogP contribution in [-0.4, -0.2) is 132 Å². The summed E-state index contributed by atoms with van der Waals surface area (Å²) in [6.45, 7) is 23.8. The van der Waals surface area contributed by atoms with Gasteiger partial charge >= 0.3 is 8.56 Å². The Labute approximate surface area is 557 Å². The number of rotatable bonds is 37. The zero-order valence-corrected chi connectivity index (χ0v) is 59.3. The van der Waals surface area contributed by atoms with Gasteiger partial charge in [-0.1, -0.05) is 118 Å². The summed E-state index contributed by atoms with van der Waals surface area (Å²) in [4.78, 5) is 69.9. The molecule has 2 heterocycles. The van der Waals surface area contributed by atoms with Crippen molar-refractivity contribution < 1.29 is 37.4 Å². The van der Waals surface area contributed by atoms with E-state index in [0.717, 1.165) is 37.2 Å². The predicted molar refractivity (Wildman–Crippen MR) is 381 cm³/mol. The highest BCUT2D eigenvalue weighted by molar-refractivity contribution is 8.76. The first-order chi connectivity index (χ1) is 43.8. The zero-order valence-electron chi connectivity index (χ0n) is 56.7. The number of amides is 5. The van der Waals surface area contributed by atoms with Gasteiger partial charge in [-0.05, 0) is 137 Å². The molecule has 20 heteroatoms. The van der Waals surface area contributed by atoms with E-state index in [9.17, 15) is 24.0 Å². The summed E-state index contributed by atoms with van der Waals surface area (Å²) in [6.07, 6.45) is 17.1. The van der Waals surface area contributed by atoms with Crippen LogP contribution in [0.25, 0.3) is 0 Å². The number of carbonyl (C=O) groups is 5. The number of terminal acetylenes is 1. The molecule has 5 amide bonds. The van der Waals surface area contributed by atoms with Crippen molar-refractivity contribution in [1.82, 2.24) is 26.6 Å². The van der Waals surface area contributed by atoms with E-state index in [1.807, 2.05) is 57.1 Å². The molecule has 2 aliphatic rings. The predicted octanol–water partition coefficient (Wildman–Crippen LogP) is 13.3. The van der Waals surface area contributed by atoms with Gasteiger partial charge in [-0.15, -0.1) is 6.42 Å². The number of allylic oxidation sites excluding steroid dienone is 4. The number of unbranched alkanes of at least 4 members (excludes halogenated alkanes) is 3. The first-order valence-electron chi connectivity index (χ1n) is 32.5. The molecule has 1 unspecified atom stereocenters. The second-order valence-electron chi connectivity index (χ2n) is 26.1. The standard InChI is InChI=1S/C72H100N10O7S2Si/c1-15-43-75-69(87)60(77-66(84)42-49-90-91-50-46-76-68(86)54-34-36-55(37-35-54)78-79-56-38-40-57(41-39-56)80(12)13)28-22-23-44-73-67(85)51-70(6,7)89-92(52(2)3,53(4)5)88-48-45-74-65(83)33-17-16-24-47-82-62-30-21-19-27-59(62)72(10,11)64(82)32-25-31-63-71(8,9)58-26-18-20-29-61(58)81(63)14/h1,18-21,25-27,29-32,34-41,52-53,60H,16-17,22-24,28,33,42-51H2,2-14H3,(H4-,73,74,75,76,77,83,84,85,86,87)/p+1. The molecule has 0 aliphatic carbocycles. The molecule has 5 N–H and O–H groups in total. The molecule has 0 radical (unpaired) electrons. The number of nitrogens with zero attached hydrogens (tertiary/aromatic N) is 5. The Morgan fingerprint density at radius 3 is 2.03 bits per heavy atom. The van der Waals surface area contributed by atoms with E-state index in [4.69, 9.17) is 15.3 Å². The maximum absolute atomic E-state index is 13.4. The van der Waals surface area contributed by atoms with Crippen molar-refractivity contribution in [3.8, 4) is 12.3 Å². The van der Waals surface area contributed by atoms with Crippen molar-refractivity contribution >= 4 is 93.8 Å². The Hall–Kier alpha value is -7.02. The SMILES string of the molecule is C#CCNC(=O)C(CCCCNC(=O)CC(C)(C)O[Si](OCCNC(=O)CCCCCN1C(=CC=CC2=[N+](C)c3ccccc3C2(C)C)C(C)(C)c2ccccc21)(C(C)C)C(C)C)NC(=O)CCSSCCNC(=O)c1ccc(N=Nc2ccc(N(C)C)cc2)cc1. The number of fused-ring (bicyclic) bond motifs is 2. The van der Waals surface area contributed by atoms with Crippen molar-refractivity contribution in [2.45, 2.75) is 161 Å². The molecule has 4 aromatic rings. The molecule has 0 saturated carbocycles. The molecule has 6 rings (SSSR count). The van der Waals surface area contributed by atoms with Crippen LogP contribution in [0.5, 0.6) is 0 Å². The molecule has 0 spiro atoms. The zero-order chi connectivity index (χ0) is 67.1. The molecule has 2 aliphatic heterocycles. The van der Waals surface area contributed by atoms with Gasteiger partial charge in [0, 0.05) is 110 Å². The van der Waals surface area contributed by atoms with Crippen molar-refractivity contribution in [3.05, 3.63) is 138 Å². The minimum absolute atomic E-state index is 0.000618. The number of anilines is 2. The second-order valence-corrected chi connectivity index (χ2v) is 33.0. The van der Waals surface area contributed by atoms with Crippen LogP contribution in [0.4, 0.5) is 28.4 Å². The maximum atomic E-state index is 13.4. The quantitative estimate of drug-likeness (QED) is 0.00719. The molecule has 92 heavy (non-hydrogen) atoms. The third-order valence-corrected chi connectivity index (χ3v) is 24.1. The Morgan fingerprint density at radius 1 is 0.728 bits per heavy atom.